The largest absolute Gasteiger partial charge is 0.405 e. The van der Waals surface area contributed by atoms with Crippen LogP contribution in [-0.4, -0.2) is 33.9 Å². The molecule has 4 rings (SSSR count). The SMILES string of the molecule is O=C(NCC(F)(F)F)c1cc(-c2ccc3nc(NC(=O)C4CC4)cn3c2)cs1. The molecule has 0 spiro atoms. The van der Waals surface area contributed by atoms with Crippen molar-refractivity contribution in [3.05, 3.63) is 40.8 Å². The summed E-state index contributed by atoms with van der Waals surface area (Å²) >= 11 is 1.07. The average Bonchev–Trinajstić information content (AvgIpc) is 3.23. The number of pyridine rings is 1. The van der Waals surface area contributed by atoms with Crippen LogP contribution in [0.4, 0.5) is 19.0 Å². The van der Waals surface area contributed by atoms with Gasteiger partial charge in [0.05, 0.1) is 11.1 Å². The molecule has 28 heavy (non-hydrogen) atoms. The van der Waals surface area contributed by atoms with Gasteiger partial charge >= 0.3 is 6.18 Å². The summed E-state index contributed by atoms with van der Waals surface area (Å²) in [7, 11) is 0. The van der Waals surface area contributed by atoms with Crippen LogP contribution in [-0.2, 0) is 4.79 Å². The third-order valence-corrected chi connectivity index (χ3v) is 5.19. The molecule has 0 bridgehead atoms. The van der Waals surface area contributed by atoms with Crippen molar-refractivity contribution >= 4 is 34.6 Å². The summed E-state index contributed by atoms with van der Waals surface area (Å²) < 4.78 is 38.4. The first kappa shape index (κ1) is 18.5. The normalized spacial score (nSPS) is 14.2. The van der Waals surface area contributed by atoms with Gasteiger partial charge < -0.3 is 15.0 Å². The number of hydrogen-bond acceptors (Lipinski definition) is 4. The summed E-state index contributed by atoms with van der Waals surface area (Å²) in [5.41, 5.74) is 2.13. The first-order valence-corrected chi connectivity index (χ1v) is 9.40. The summed E-state index contributed by atoms with van der Waals surface area (Å²) in [6.45, 7) is -1.37. The molecular formula is C18H15F3N4O2S. The Morgan fingerprint density at radius 2 is 2.00 bits per heavy atom. The fraction of sp³-hybridized carbons (Fsp3) is 0.278. The van der Waals surface area contributed by atoms with Gasteiger partial charge in [-0.2, -0.15) is 13.2 Å². The zero-order valence-electron chi connectivity index (χ0n) is 14.4. The van der Waals surface area contributed by atoms with Crippen LogP contribution in [0, 0.1) is 5.92 Å². The van der Waals surface area contributed by atoms with Gasteiger partial charge in [0.15, 0.2) is 5.82 Å². The van der Waals surface area contributed by atoms with Crippen molar-refractivity contribution in [3.63, 3.8) is 0 Å². The van der Waals surface area contributed by atoms with E-state index >= 15 is 0 Å². The Morgan fingerprint density at radius 3 is 2.71 bits per heavy atom. The van der Waals surface area contributed by atoms with Crippen molar-refractivity contribution < 1.29 is 22.8 Å². The van der Waals surface area contributed by atoms with Gasteiger partial charge in [-0.05, 0) is 47.5 Å². The maximum absolute atomic E-state index is 12.2. The number of aromatic nitrogens is 2. The standard InChI is InChI=1S/C18H15F3N4O2S/c19-18(20,21)9-22-17(27)13-5-12(8-28-13)11-3-4-15-23-14(7-25(15)6-11)24-16(26)10-1-2-10/h3-8,10H,1-2,9H2,(H,22,27)(H,24,26). The van der Waals surface area contributed by atoms with Gasteiger partial charge in [-0.25, -0.2) is 4.98 Å². The lowest BCUT2D eigenvalue weighted by Crippen LogP contribution is -2.33. The Morgan fingerprint density at radius 1 is 1.21 bits per heavy atom. The number of imidazole rings is 1. The van der Waals surface area contributed by atoms with Gasteiger partial charge in [-0.3, -0.25) is 9.59 Å². The van der Waals surface area contributed by atoms with Crippen LogP contribution >= 0.6 is 11.3 Å². The Balaban J connectivity index is 1.50. The van der Waals surface area contributed by atoms with Crippen LogP contribution in [0.5, 0.6) is 0 Å². The van der Waals surface area contributed by atoms with Gasteiger partial charge in [0.25, 0.3) is 5.91 Å². The molecule has 3 aromatic heterocycles. The highest BCUT2D eigenvalue weighted by atomic mass is 32.1. The predicted octanol–water partition coefficient (Wildman–Crippen LogP) is 3.70. The Kier molecular flexibility index (Phi) is 4.58. The van der Waals surface area contributed by atoms with E-state index in [1.54, 1.807) is 40.4 Å². The van der Waals surface area contributed by atoms with E-state index < -0.39 is 18.6 Å². The highest BCUT2D eigenvalue weighted by molar-refractivity contribution is 7.12. The molecule has 0 aromatic carbocycles. The number of thiophene rings is 1. The highest BCUT2D eigenvalue weighted by Gasteiger charge is 2.30. The lowest BCUT2D eigenvalue weighted by atomic mass is 10.1. The van der Waals surface area contributed by atoms with Gasteiger partial charge in [0, 0.05) is 12.1 Å². The number of alkyl halides is 3. The number of nitrogens with one attached hydrogen (secondary N) is 2. The molecule has 3 heterocycles. The summed E-state index contributed by atoms with van der Waals surface area (Å²) in [6.07, 6.45) is 0.840. The molecule has 1 saturated carbocycles. The van der Waals surface area contributed by atoms with E-state index in [0.29, 0.717) is 17.0 Å². The molecule has 0 atom stereocenters. The predicted molar refractivity (Wildman–Crippen MR) is 98.2 cm³/mol. The van der Waals surface area contributed by atoms with Crippen LogP contribution < -0.4 is 10.6 Å². The number of anilines is 1. The summed E-state index contributed by atoms with van der Waals surface area (Å²) in [6, 6.07) is 5.11. The second-order valence-electron chi connectivity index (χ2n) is 6.57. The van der Waals surface area contributed by atoms with Crippen molar-refractivity contribution in [2.75, 3.05) is 11.9 Å². The molecule has 0 unspecified atom stereocenters. The van der Waals surface area contributed by atoms with E-state index in [0.717, 1.165) is 29.7 Å². The van der Waals surface area contributed by atoms with E-state index in [9.17, 15) is 22.8 Å². The quantitative estimate of drug-likeness (QED) is 0.676. The minimum Gasteiger partial charge on any atom is -0.342 e. The van der Waals surface area contributed by atoms with E-state index in [4.69, 9.17) is 0 Å². The molecule has 146 valence electrons. The molecule has 1 fully saturated rings. The number of fused-ring (bicyclic) bond motifs is 1. The molecule has 3 aromatic rings. The molecule has 1 aliphatic carbocycles. The van der Waals surface area contributed by atoms with Gasteiger partial charge in [0.1, 0.15) is 12.2 Å². The number of nitrogens with zero attached hydrogens (tertiary/aromatic N) is 2. The van der Waals surface area contributed by atoms with E-state index in [1.807, 2.05) is 5.32 Å². The first-order chi connectivity index (χ1) is 13.3. The van der Waals surface area contributed by atoms with Gasteiger partial charge in [0.2, 0.25) is 5.91 Å². The first-order valence-electron chi connectivity index (χ1n) is 8.52. The lowest BCUT2D eigenvalue weighted by molar-refractivity contribution is -0.123. The molecule has 10 heteroatoms. The molecule has 6 nitrogen and oxygen atoms in total. The zero-order valence-corrected chi connectivity index (χ0v) is 15.2. The van der Waals surface area contributed by atoms with Crippen molar-refractivity contribution in [1.82, 2.24) is 14.7 Å². The molecule has 0 saturated heterocycles. The Labute approximate surface area is 161 Å². The van der Waals surface area contributed by atoms with Crippen molar-refractivity contribution in [3.8, 4) is 11.1 Å². The number of rotatable bonds is 5. The zero-order chi connectivity index (χ0) is 19.9. The van der Waals surface area contributed by atoms with Crippen LogP contribution in [0.25, 0.3) is 16.8 Å². The monoisotopic (exact) mass is 408 g/mol. The van der Waals surface area contributed by atoms with E-state index in [2.05, 4.69) is 10.3 Å². The van der Waals surface area contributed by atoms with Crippen LogP contribution in [0.3, 0.4) is 0 Å². The summed E-state index contributed by atoms with van der Waals surface area (Å²) in [5, 5.41) is 6.35. The minimum atomic E-state index is -4.45. The maximum atomic E-state index is 12.2. The third-order valence-electron chi connectivity index (χ3n) is 4.26. The van der Waals surface area contributed by atoms with Crippen molar-refractivity contribution in [1.29, 1.82) is 0 Å². The van der Waals surface area contributed by atoms with Crippen molar-refractivity contribution in [2.24, 2.45) is 5.92 Å². The summed E-state index contributed by atoms with van der Waals surface area (Å²) in [5.74, 6) is -0.252. The number of carbonyl (C=O) groups excluding carboxylic acids is 2. The van der Waals surface area contributed by atoms with E-state index in [-0.39, 0.29) is 16.7 Å². The molecule has 2 N–H and O–H groups in total. The average molecular weight is 408 g/mol. The number of amides is 2. The number of carbonyl (C=O) groups is 2. The van der Waals surface area contributed by atoms with Crippen LogP contribution in [0.1, 0.15) is 22.5 Å². The fourth-order valence-corrected chi connectivity index (χ4v) is 3.50. The topological polar surface area (TPSA) is 75.5 Å². The Bertz CT molecular complexity index is 1050. The molecule has 0 radical (unpaired) electrons. The van der Waals surface area contributed by atoms with E-state index in [1.165, 1.54) is 0 Å². The maximum Gasteiger partial charge on any atom is 0.405 e. The lowest BCUT2D eigenvalue weighted by Gasteiger charge is -2.06. The van der Waals surface area contributed by atoms with Crippen molar-refractivity contribution in [2.45, 2.75) is 19.0 Å². The molecular weight excluding hydrogens is 393 g/mol. The van der Waals surface area contributed by atoms with Crippen LogP contribution in [0.15, 0.2) is 36.0 Å². The third kappa shape index (κ3) is 4.16. The number of halogens is 3. The smallest absolute Gasteiger partial charge is 0.342 e. The molecule has 2 amide bonds. The Hall–Kier alpha value is -2.88. The molecule has 1 aliphatic rings. The molecule has 0 aliphatic heterocycles. The van der Waals surface area contributed by atoms with Crippen LogP contribution in [0.2, 0.25) is 0 Å². The fourth-order valence-electron chi connectivity index (χ4n) is 2.67. The highest BCUT2D eigenvalue weighted by Crippen LogP contribution is 2.30. The summed E-state index contributed by atoms with van der Waals surface area (Å²) in [4.78, 5) is 28.3. The van der Waals surface area contributed by atoms with Gasteiger partial charge in [-0.1, -0.05) is 0 Å². The number of hydrogen-bond donors (Lipinski definition) is 2. The second-order valence-corrected chi connectivity index (χ2v) is 7.48. The van der Waals surface area contributed by atoms with Gasteiger partial charge in [-0.15, -0.1) is 11.3 Å². The minimum absolute atomic E-state index is 0.0315. The second kappa shape index (κ2) is 6.93.